The monoisotopic (exact) mass is 214 g/mol. The second-order valence-electron chi connectivity index (χ2n) is 3.23. The molecule has 80 valence electrons. The summed E-state index contributed by atoms with van der Waals surface area (Å²) in [6.07, 6.45) is 3.42. The van der Waals surface area contributed by atoms with Gasteiger partial charge in [0.15, 0.2) is 0 Å². The number of hydrogen-bond donors (Lipinski definition) is 0. The Morgan fingerprint density at radius 2 is 2.00 bits per heavy atom. The van der Waals surface area contributed by atoms with Gasteiger partial charge in [-0.2, -0.15) is 0 Å². The number of benzene rings is 1. The van der Waals surface area contributed by atoms with E-state index in [1.165, 1.54) is 0 Å². The van der Waals surface area contributed by atoms with Crippen LogP contribution in [0.4, 0.5) is 5.69 Å². The largest absolute Gasteiger partial charge is 0.489 e. The van der Waals surface area contributed by atoms with Crippen LogP contribution in [0.5, 0.6) is 5.75 Å². The Morgan fingerprint density at radius 3 is 2.75 bits per heavy atom. The summed E-state index contributed by atoms with van der Waals surface area (Å²) in [4.78, 5) is 14.2. The highest BCUT2D eigenvalue weighted by Crippen LogP contribution is 2.20. The zero-order valence-electron chi connectivity index (χ0n) is 8.54. The lowest BCUT2D eigenvalue weighted by molar-refractivity contribution is 0.306. The van der Waals surface area contributed by atoms with Crippen molar-refractivity contribution in [2.45, 2.75) is 6.61 Å². The molecule has 0 bridgehead atoms. The van der Waals surface area contributed by atoms with Crippen molar-refractivity contribution in [3.8, 4) is 5.75 Å². The molecule has 0 radical (unpaired) electrons. The molecule has 0 aliphatic rings. The molecule has 0 aliphatic heterocycles. The van der Waals surface area contributed by atoms with Gasteiger partial charge in [0.25, 0.3) is 0 Å². The highest BCUT2D eigenvalue weighted by atomic mass is 16.5. The molecule has 1 aromatic carbocycles. The number of pyridine rings is 1. The van der Waals surface area contributed by atoms with E-state index >= 15 is 0 Å². The Bertz CT molecular complexity index is 471. The van der Waals surface area contributed by atoms with E-state index in [9.17, 15) is 4.91 Å². The van der Waals surface area contributed by atoms with Gasteiger partial charge in [-0.1, -0.05) is 6.07 Å². The molecule has 4 nitrogen and oxygen atoms in total. The quantitative estimate of drug-likeness (QED) is 0.735. The third-order valence-corrected chi connectivity index (χ3v) is 2.08. The van der Waals surface area contributed by atoms with Crippen molar-refractivity contribution in [3.05, 3.63) is 59.3 Å². The number of ether oxygens (including phenoxy) is 1. The summed E-state index contributed by atoms with van der Waals surface area (Å²) in [5.41, 5.74) is 1.40. The molecule has 4 heteroatoms. The van der Waals surface area contributed by atoms with Crippen LogP contribution in [0.2, 0.25) is 0 Å². The van der Waals surface area contributed by atoms with E-state index in [0.29, 0.717) is 18.0 Å². The third-order valence-electron chi connectivity index (χ3n) is 2.08. The molecule has 2 aromatic rings. The fourth-order valence-corrected chi connectivity index (χ4v) is 1.28. The van der Waals surface area contributed by atoms with Gasteiger partial charge in [0.05, 0.1) is 0 Å². The maximum absolute atomic E-state index is 10.3. The SMILES string of the molecule is O=Nc1cccc(OCc2ccncc2)c1. The van der Waals surface area contributed by atoms with Gasteiger partial charge in [0, 0.05) is 18.5 Å². The van der Waals surface area contributed by atoms with Crippen molar-refractivity contribution in [2.24, 2.45) is 5.18 Å². The maximum Gasteiger partial charge on any atom is 0.122 e. The van der Waals surface area contributed by atoms with Gasteiger partial charge in [0.2, 0.25) is 0 Å². The van der Waals surface area contributed by atoms with Crippen LogP contribution < -0.4 is 4.74 Å². The summed E-state index contributed by atoms with van der Waals surface area (Å²) in [5, 5.41) is 2.85. The molecule has 0 fully saturated rings. The molecule has 1 aromatic heterocycles. The maximum atomic E-state index is 10.3. The molecule has 0 saturated carbocycles. The Balaban J connectivity index is 2.02. The zero-order chi connectivity index (χ0) is 11.2. The predicted octanol–water partition coefficient (Wildman–Crippen LogP) is 3.06. The molecule has 0 amide bonds. The van der Waals surface area contributed by atoms with E-state index in [0.717, 1.165) is 5.56 Å². The molecular weight excluding hydrogens is 204 g/mol. The third kappa shape index (κ3) is 2.63. The normalized spacial score (nSPS) is 9.75. The van der Waals surface area contributed by atoms with Gasteiger partial charge >= 0.3 is 0 Å². The predicted molar refractivity (Wildman–Crippen MR) is 60.5 cm³/mol. The Hall–Kier alpha value is -2.23. The Kier molecular flexibility index (Phi) is 3.23. The van der Waals surface area contributed by atoms with E-state index < -0.39 is 0 Å². The highest BCUT2D eigenvalue weighted by Gasteiger charge is 1.97. The van der Waals surface area contributed by atoms with Crippen LogP contribution in [-0.4, -0.2) is 4.98 Å². The van der Waals surface area contributed by atoms with Crippen LogP contribution >= 0.6 is 0 Å². The number of nitrogens with zero attached hydrogens (tertiary/aromatic N) is 2. The fourth-order valence-electron chi connectivity index (χ4n) is 1.28. The van der Waals surface area contributed by atoms with Gasteiger partial charge in [0.1, 0.15) is 18.0 Å². The van der Waals surface area contributed by atoms with E-state index in [4.69, 9.17) is 4.74 Å². The van der Waals surface area contributed by atoms with Crippen LogP contribution in [0, 0.1) is 4.91 Å². The summed E-state index contributed by atoms with van der Waals surface area (Å²) >= 11 is 0. The standard InChI is InChI=1S/C12H10N2O2/c15-14-11-2-1-3-12(8-11)16-9-10-4-6-13-7-5-10/h1-8H,9H2. The van der Waals surface area contributed by atoms with Crippen molar-refractivity contribution in [3.63, 3.8) is 0 Å². The lowest BCUT2D eigenvalue weighted by atomic mass is 10.3. The topological polar surface area (TPSA) is 51.5 Å². The summed E-state index contributed by atoms with van der Waals surface area (Å²) in [6, 6.07) is 10.5. The summed E-state index contributed by atoms with van der Waals surface area (Å²) in [6.45, 7) is 0.449. The minimum Gasteiger partial charge on any atom is -0.489 e. The Labute approximate surface area is 92.9 Å². The number of rotatable bonds is 4. The second-order valence-corrected chi connectivity index (χ2v) is 3.23. The fraction of sp³-hybridized carbons (Fsp3) is 0.0833. The van der Waals surface area contributed by atoms with Crippen LogP contribution in [0.15, 0.2) is 54.0 Å². The molecule has 16 heavy (non-hydrogen) atoms. The summed E-state index contributed by atoms with van der Waals surface area (Å²) in [7, 11) is 0. The van der Waals surface area contributed by atoms with Gasteiger partial charge < -0.3 is 4.74 Å². The van der Waals surface area contributed by atoms with Crippen LogP contribution in [-0.2, 0) is 6.61 Å². The first kappa shape index (κ1) is 10.3. The average Bonchev–Trinajstić information content (AvgIpc) is 2.38. The van der Waals surface area contributed by atoms with Gasteiger partial charge in [-0.05, 0) is 35.0 Å². The molecular formula is C12H10N2O2. The molecule has 2 rings (SSSR count). The van der Waals surface area contributed by atoms with Crippen molar-refractivity contribution in [1.29, 1.82) is 0 Å². The summed E-state index contributed by atoms with van der Waals surface area (Å²) < 4.78 is 5.51. The van der Waals surface area contributed by atoms with Crippen molar-refractivity contribution < 1.29 is 4.74 Å². The first-order chi connectivity index (χ1) is 7.88. The molecule has 0 spiro atoms. The molecule has 0 unspecified atom stereocenters. The molecule has 0 saturated heterocycles. The number of aromatic nitrogens is 1. The van der Waals surface area contributed by atoms with E-state index in [-0.39, 0.29) is 0 Å². The van der Waals surface area contributed by atoms with E-state index in [1.54, 1.807) is 36.7 Å². The summed E-state index contributed by atoms with van der Waals surface area (Å²) in [5.74, 6) is 0.633. The van der Waals surface area contributed by atoms with Crippen molar-refractivity contribution >= 4 is 5.69 Å². The van der Waals surface area contributed by atoms with Gasteiger partial charge in [-0.3, -0.25) is 4.98 Å². The lowest BCUT2D eigenvalue weighted by Gasteiger charge is -2.05. The van der Waals surface area contributed by atoms with Crippen LogP contribution in [0.1, 0.15) is 5.56 Å². The minimum absolute atomic E-state index is 0.368. The Morgan fingerprint density at radius 1 is 1.19 bits per heavy atom. The van der Waals surface area contributed by atoms with E-state index in [2.05, 4.69) is 10.2 Å². The minimum atomic E-state index is 0.368. The van der Waals surface area contributed by atoms with Crippen LogP contribution in [0.3, 0.4) is 0 Å². The first-order valence-corrected chi connectivity index (χ1v) is 4.83. The van der Waals surface area contributed by atoms with Gasteiger partial charge in [-0.15, -0.1) is 4.91 Å². The number of nitroso groups, excluding NO2 is 1. The smallest absolute Gasteiger partial charge is 0.122 e. The first-order valence-electron chi connectivity index (χ1n) is 4.83. The highest BCUT2D eigenvalue weighted by molar-refractivity contribution is 5.42. The molecule has 1 heterocycles. The molecule has 0 aliphatic carbocycles. The molecule has 0 atom stereocenters. The van der Waals surface area contributed by atoms with Crippen molar-refractivity contribution in [1.82, 2.24) is 4.98 Å². The average molecular weight is 214 g/mol. The molecule has 0 N–H and O–H groups in total. The van der Waals surface area contributed by atoms with Gasteiger partial charge in [-0.25, -0.2) is 0 Å². The van der Waals surface area contributed by atoms with Crippen LogP contribution in [0.25, 0.3) is 0 Å². The second kappa shape index (κ2) is 5.02. The van der Waals surface area contributed by atoms with E-state index in [1.807, 2.05) is 12.1 Å². The lowest BCUT2D eigenvalue weighted by Crippen LogP contribution is -1.94. The number of hydrogen-bond acceptors (Lipinski definition) is 4. The van der Waals surface area contributed by atoms with Crippen molar-refractivity contribution in [2.75, 3.05) is 0 Å². The zero-order valence-corrected chi connectivity index (χ0v) is 8.54.